The smallest absolute Gasteiger partial charge is 0.335 e. The van der Waals surface area contributed by atoms with Gasteiger partial charge in [0.2, 0.25) is 11.8 Å². The Balaban J connectivity index is 1.43. The van der Waals surface area contributed by atoms with E-state index in [4.69, 9.17) is 37.4 Å². The summed E-state index contributed by atoms with van der Waals surface area (Å²) in [6, 6.07) is 12.7. The molecule has 5 heterocycles. The van der Waals surface area contributed by atoms with Crippen LogP contribution in [0.25, 0.3) is 11.2 Å². The first-order valence-electron chi connectivity index (χ1n) is 18.5. The number of aromatic nitrogens is 4. The van der Waals surface area contributed by atoms with Crippen molar-refractivity contribution in [2.45, 2.75) is 147 Å². The van der Waals surface area contributed by atoms with Gasteiger partial charge >= 0.3 is 17.1 Å². The van der Waals surface area contributed by atoms with E-state index in [1.165, 1.54) is 12.1 Å². The van der Waals surface area contributed by atoms with Crippen molar-refractivity contribution in [3.8, 4) is 5.88 Å². The first-order valence-corrected chi connectivity index (χ1v) is 29.6. The third kappa shape index (κ3) is 6.76. The van der Waals surface area contributed by atoms with Gasteiger partial charge in [-0.25, -0.2) is 4.98 Å². The molecule has 0 spiro atoms. The molecule has 3 aliphatic rings. The van der Waals surface area contributed by atoms with Gasteiger partial charge in [-0.3, -0.25) is 4.57 Å². The molecule has 6 rings (SSSR count). The van der Waals surface area contributed by atoms with Crippen molar-refractivity contribution in [3.63, 3.8) is 0 Å². The fourth-order valence-electron chi connectivity index (χ4n) is 8.58. The lowest BCUT2D eigenvalue weighted by Crippen LogP contribution is -2.65. The summed E-state index contributed by atoms with van der Waals surface area (Å²) in [5.74, 6) is 1.26. The number of fused-ring (bicyclic) bond motifs is 2. The topological polar surface area (TPSA) is 93.0 Å². The van der Waals surface area contributed by atoms with Crippen LogP contribution in [-0.4, -0.2) is 71.9 Å². The van der Waals surface area contributed by atoms with Crippen molar-refractivity contribution in [2.24, 2.45) is 0 Å². The minimum atomic E-state index is -2.78. The normalized spacial score (nSPS) is 25.9. The van der Waals surface area contributed by atoms with Crippen LogP contribution in [0.2, 0.25) is 60.4 Å². The van der Waals surface area contributed by atoms with Gasteiger partial charge in [0.1, 0.15) is 35.4 Å². The zero-order valence-electron chi connectivity index (χ0n) is 32.1. The van der Waals surface area contributed by atoms with Crippen molar-refractivity contribution in [1.82, 2.24) is 19.5 Å². The summed E-state index contributed by atoms with van der Waals surface area (Å²) in [6.45, 7) is 28.6. The van der Waals surface area contributed by atoms with Gasteiger partial charge in [-0.15, -0.1) is 0 Å². The molecule has 3 saturated heterocycles. The Hall–Kier alpha value is -1.44. The third-order valence-electron chi connectivity index (χ3n) is 11.2. The molecule has 3 aromatic rings. The average Bonchev–Trinajstić information content (AvgIpc) is 3.64. The Morgan fingerprint density at radius 2 is 1.42 bits per heavy atom. The highest BCUT2D eigenvalue weighted by Crippen LogP contribution is 2.49. The van der Waals surface area contributed by atoms with Crippen LogP contribution in [0.5, 0.6) is 5.88 Å². The standard InChI is InChI=1S/C35H58BrN5O5Si4/c1-23(2)49(24(3)4)43-22-29-28(45-50(46-49,25(5)6)26(7)8)20-30(44-29)40-32-31(37-34(40)36)33(42-21-27-16-14-13-15-17-27)39-35(38-32)41-47(9,10)18-19-48(41,11)12/h13-17,23-26,28-30H,18-22H2,1-12H3/t28?,29-,30-/m1/s1. The van der Waals surface area contributed by atoms with Crippen molar-refractivity contribution in [1.29, 1.82) is 0 Å². The highest BCUT2D eigenvalue weighted by atomic mass is 79.9. The lowest BCUT2D eigenvalue weighted by Gasteiger charge is -2.51. The van der Waals surface area contributed by atoms with E-state index in [9.17, 15) is 0 Å². The number of ether oxygens (including phenoxy) is 2. The largest absolute Gasteiger partial charge is 0.471 e. The zero-order valence-corrected chi connectivity index (χ0v) is 37.7. The second-order valence-corrected chi connectivity index (χ2v) is 36.1. The van der Waals surface area contributed by atoms with Crippen molar-refractivity contribution in [2.75, 3.05) is 10.8 Å². The van der Waals surface area contributed by atoms with Gasteiger partial charge in [0.25, 0.3) is 0 Å². The lowest BCUT2D eigenvalue weighted by atomic mass is 10.2. The fraction of sp³-hybridized carbons (Fsp3) is 0.686. The molecular formula is C35H58BrN5O5Si4. The number of anilines is 1. The van der Waals surface area contributed by atoms with E-state index in [1.54, 1.807) is 0 Å². The molecular weight excluding hydrogens is 763 g/mol. The van der Waals surface area contributed by atoms with Gasteiger partial charge in [-0.05, 0) is 55.7 Å². The number of hydrogen-bond acceptors (Lipinski definition) is 9. The summed E-state index contributed by atoms with van der Waals surface area (Å²) in [5.41, 5.74) is 3.45. The Bertz CT molecular complexity index is 1640. The van der Waals surface area contributed by atoms with Crippen LogP contribution < -0.4 is 8.97 Å². The molecule has 3 aliphatic heterocycles. The summed E-state index contributed by atoms with van der Waals surface area (Å²) in [7, 11) is -9.05. The maximum Gasteiger partial charge on any atom is 0.335 e. The van der Waals surface area contributed by atoms with Crippen molar-refractivity contribution < 1.29 is 22.4 Å². The Kier molecular flexibility index (Phi) is 10.8. The number of imidazole rings is 1. The first kappa shape index (κ1) is 38.3. The lowest BCUT2D eigenvalue weighted by molar-refractivity contribution is -0.0550. The second-order valence-electron chi connectivity index (χ2n) is 17.0. The molecule has 0 saturated carbocycles. The molecule has 3 fully saturated rings. The van der Waals surface area contributed by atoms with E-state index in [1.807, 2.05) is 18.2 Å². The molecule has 0 radical (unpaired) electrons. The summed E-state index contributed by atoms with van der Waals surface area (Å²) >= 11 is 3.83. The minimum Gasteiger partial charge on any atom is -0.471 e. The summed E-state index contributed by atoms with van der Waals surface area (Å²) in [6.07, 6.45) is -0.158. The molecule has 15 heteroatoms. The molecule has 3 atom stereocenters. The zero-order chi connectivity index (χ0) is 36.4. The Morgan fingerprint density at radius 1 is 0.820 bits per heavy atom. The molecule has 0 amide bonds. The molecule has 50 heavy (non-hydrogen) atoms. The van der Waals surface area contributed by atoms with Crippen molar-refractivity contribution in [3.05, 3.63) is 40.6 Å². The SMILES string of the molecule is CC(C)[Si]1(C(C)C)OC[C@H]2O[C@@H](n3c(Br)nc4c(OCc5ccccc5)nc(N5[Si](C)(C)CC[Si]5(C)C)nc43)CC2O[Si](C(C)C)(C(C)C)O1. The van der Waals surface area contributed by atoms with Crippen LogP contribution >= 0.6 is 15.9 Å². The summed E-state index contributed by atoms with van der Waals surface area (Å²) in [5, 5.41) is 0. The number of nitrogens with zero attached hydrogens (tertiary/aromatic N) is 5. The summed E-state index contributed by atoms with van der Waals surface area (Å²) < 4.78 is 40.7. The molecule has 0 aliphatic carbocycles. The molecule has 0 bridgehead atoms. The van der Waals surface area contributed by atoms with E-state index in [0.29, 0.717) is 41.4 Å². The van der Waals surface area contributed by atoms with E-state index in [0.717, 1.165) is 11.5 Å². The van der Waals surface area contributed by atoms with Gasteiger partial charge in [-0.1, -0.05) is 112 Å². The second kappa shape index (κ2) is 14.1. The maximum absolute atomic E-state index is 7.45. The van der Waals surface area contributed by atoms with Crippen LogP contribution in [0.3, 0.4) is 0 Å². The van der Waals surface area contributed by atoms with Crippen LogP contribution in [-0.2, 0) is 24.3 Å². The molecule has 0 N–H and O–H groups in total. The van der Waals surface area contributed by atoms with E-state index < -0.39 is 33.6 Å². The highest BCUT2D eigenvalue weighted by molar-refractivity contribution is 9.10. The number of benzene rings is 1. The molecule has 276 valence electrons. The first-order chi connectivity index (χ1) is 23.4. The minimum absolute atomic E-state index is 0.182. The number of halogens is 1. The number of hydrogen-bond donors (Lipinski definition) is 0. The quantitative estimate of drug-likeness (QED) is 0.155. The highest BCUT2D eigenvalue weighted by Gasteiger charge is 2.60. The predicted molar refractivity (Wildman–Crippen MR) is 213 cm³/mol. The summed E-state index contributed by atoms with van der Waals surface area (Å²) in [4.78, 5) is 15.5. The Morgan fingerprint density at radius 3 is 2.00 bits per heavy atom. The predicted octanol–water partition coefficient (Wildman–Crippen LogP) is 9.64. The van der Waals surface area contributed by atoms with Crippen molar-refractivity contribution >= 4 is 66.6 Å². The van der Waals surface area contributed by atoms with E-state index >= 15 is 0 Å². The van der Waals surface area contributed by atoms with Gasteiger partial charge < -0.3 is 26.7 Å². The van der Waals surface area contributed by atoms with Gasteiger partial charge in [-0.2, -0.15) is 9.97 Å². The molecule has 2 aromatic heterocycles. The third-order valence-corrected chi connectivity index (χ3v) is 32.0. The molecule has 1 aromatic carbocycles. The maximum atomic E-state index is 7.45. The number of rotatable bonds is 9. The molecule has 1 unspecified atom stereocenters. The monoisotopic (exact) mass is 819 g/mol. The van der Waals surface area contributed by atoms with Gasteiger partial charge in [0.15, 0.2) is 15.9 Å². The van der Waals surface area contributed by atoms with E-state index in [-0.39, 0.29) is 40.6 Å². The average molecular weight is 821 g/mol. The Labute approximate surface area is 311 Å². The van der Waals surface area contributed by atoms with Crippen LogP contribution in [0, 0.1) is 0 Å². The van der Waals surface area contributed by atoms with Crippen LogP contribution in [0.1, 0.15) is 73.6 Å². The van der Waals surface area contributed by atoms with Crippen LogP contribution in [0.4, 0.5) is 5.95 Å². The van der Waals surface area contributed by atoms with Gasteiger partial charge in [0.05, 0.1) is 12.7 Å². The van der Waals surface area contributed by atoms with Crippen LogP contribution in [0.15, 0.2) is 35.1 Å². The van der Waals surface area contributed by atoms with E-state index in [2.05, 4.69) is 118 Å². The van der Waals surface area contributed by atoms with Gasteiger partial charge in [0, 0.05) is 6.42 Å². The molecule has 10 nitrogen and oxygen atoms in total. The fourth-order valence-corrected chi connectivity index (χ4v) is 34.2.